The Kier molecular flexibility index (Phi) is 4.11. The first-order chi connectivity index (χ1) is 15.7. The monoisotopic (exact) mass is 418 g/mol. The number of hydrogen-bond acceptors (Lipinski definition) is 5. The Bertz CT molecular complexity index is 1420. The summed E-state index contributed by atoms with van der Waals surface area (Å²) >= 11 is 0. The summed E-state index contributed by atoms with van der Waals surface area (Å²) in [4.78, 5) is 36.5. The lowest BCUT2D eigenvalue weighted by Gasteiger charge is -2.19. The summed E-state index contributed by atoms with van der Waals surface area (Å²) in [6, 6.07) is 21.7. The van der Waals surface area contributed by atoms with Gasteiger partial charge < -0.3 is 4.90 Å². The van der Waals surface area contributed by atoms with Gasteiger partial charge in [0.1, 0.15) is 6.33 Å². The van der Waals surface area contributed by atoms with E-state index in [9.17, 15) is 9.59 Å². The van der Waals surface area contributed by atoms with Gasteiger partial charge >= 0.3 is 0 Å². The van der Waals surface area contributed by atoms with Crippen LogP contribution >= 0.6 is 0 Å². The number of carbonyl (C=O) groups excluding carboxylic acids is 2. The van der Waals surface area contributed by atoms with Crippen molar-refractivity contribution in [1.29, 1.82) is 0 Å². The quantitative estimate of drug-likeness (QED) is 0.510. The summed E-state index contributed by atoms with van der Waals surface area (Å²) in [5, 5.41) is 4.52. The molecule has 0 saturated heterocycles. The van der Waals surface area contributed by atoms with Crippen LogP contribution < -0.4 is 10.2 Å². The van der Waals surface area contributed by atoms with Gasteiger partial charge in [-0.3, -0.25) is 14.9 Å². The van der Waals surface area contributed by atoms with Crippen molar-refractivity contribution >= 4 is 39.5 Å². The molecule has 2 amide bonds. The van der Waals surface area contributed by atoms with Crippen LogP contribution in [0.3, 0.4) is 0 Å². The van der Waals surface area contributed by atoms with E-state index in [-0.39, 0.29) is 17.7 Å². The lowest BCUT2D eigenvalue weighted by atomic mass is 9.86. The predicted octanol–water partition coefficient (Wildman–Crippen LogP) is 3.98. The normalized spacial score (nSPS) is 17.8. The Labute approximate surface area is 184 Å². The smallest absolute Gasteiger partial charge is 0.259 e. The highest BCUT2D eigenvalue weighted by Gasteiger charge is 2.41. The van der Waals surface area contributed by atoms with Crippen LogP contribution in [-0.2, 0) is 9.59 Å². The fourth-order valence-corrected chi connectivity index (χ4v) is 4.84. The van der Waals surface area contributed by atoms with Gasteiger partial charge in [0.15, 0.2) is 0 Å². The van der Waals surface area contributed by atoms with Crippen molar-refractivity contribution < 1.29 is 9.59 Å². The Morgan fingerprint density at radius 2 is 1.59 bits per heavy atom. The number of benzene rings is 3. The first kappa shape index (κ1) is 18.4. The molecule has 0 bridgehead atoms. The summed E-state index contributed by atoms with van der Waals surface area (Å²) in [5.74, 6) is -0.934. The molecule has 6 heteroatoms. The minimum Gasteiger partial charge on any atom is -0.338 e. The number of amides is 2. The number of aromatic nitrogens is 2. The maximum Gasteiger partial charge on any atom is 0.259 e. The number of carbonyl (C=O) groups is 2. The molecule has 6 rings (SSSR count). The highest BCUT2D eigenvalue weighted by atomic mass is 16.2. The molecular formula is C26H18N4O2. The zero-order valence-corrected chi connectivity index (χ0v) is 17.0. The molecule has 2 aliphatic heterocycles. The second-order valence-electron chi connectivity index (χ2n) is 7.92. The molecular weight excluding hydrogens is 400 g/mol. The number of para-hydroxylation sites is 1. The SMILES string of the molecule is O=C1NC(=O)C(C2CN(c3cncnc3)c3ccccc32)=C1c1cccc2ccccc12. The molecule has 3 aromatic carbocycles. The average molecular weight is 418 g/mol. The highest BCUT2D eigenvalue weighted by Crippen LogP contribution is 2.46. The summed E-state index contributed by atoms with van der Waals surface area (Å²) in [7, 11) is 0. The Hall–Kier alpha value is -4.32. The van der Waals surface area contributed by atoms with Crippen LogP contribution in [0, 0.1) is 0 Å². The van der Waals surface area contributed by atoms with E-state index in [0.717, 1.165) is 33.3 Å². The number of nitrogens with zero attached hydrogens (tertiary/aromatic N) is 3. The molecule has 3 heterocycles. The maximum atomic E-state index is 13.1. The zero-order chi connectivity index (χ0) is 21.7. The molecule has 1 N–H and O–H groups in total. The fourth-order valence-electron chi connectivity index (χ4n) is 4.84. The van der Waals surface area contributed by atoms with Crippen LogP contribution in [0.15, 0.2) is 91.0 Å². The van der Waals surface area contributed by atoms with Crippen molar-refractivity contribution in [3.05, 3.63) is 102 Å². The van der Waals surface area contributed by atoms with E-state index in [1.54, 1.807) is 12.4 Å². The summed E-state index contributed by atoms with van der Waals surface area (Å²) in [6.07, 6.45) is 5.01. The molecule has 1 aromatic heterocycles. The molecule has 1 atom stereocenters. The largest absolute Gasteiger partial charge is 0.338 e. The summed E-state index contributed by atoms with van der Waals surface area (Å²) in [5.41, 5.74) is 4.59. The standard InChI is InChI=1S/C26H18N4O2/c31-25-23(20-10-5-7-16-6-1-2-8-18(16)20)24(26(32)29-25)21-14-30(17-12-27-15-28-13-17)22-11-4-3-9-19(21)22/h1-13,15,21H,14H2,(H,29,31,32). The van der Waals surface area contributed by atoms with E-state index >= 15 is 0 Å². The van der Waals surface area contributed by atoms with Gasteiger partial charge in [-0.15, -0.1) is 0 Å². The third kappa shape index (κ3) is 2.73. The van der Waals surface area contributed by atoms with Crippen LogP contribution in [-0.4, -0.2) is 28.3 Å². The zero-order valence-electron chi connectivity index (χ0n) is 17.0. The van der Waals surface area contributed by atoms with Crippen molar-refractivity contribution in [1.82, 2.24) is 15.3 Å². The van der Waals surface area contributed by atoms with E-state index < -0.39 is 0 Å². The van der Waals surface area contributed by atoms with Gasteiger partial charge in [-0.1, -0.05) is 60.7 Å². The number of rotatable bonds is 3. The minimum absolute atomic E-state index is 0.258. The molecule has 2 aliphatic rings. The number of fused-ring (bicyclic) bond motifs is 2. The molecule has 0 radical (unpaired) electrons. The van der Waals surface area contributed by atoms with Crippen LogP contribution in [0.2, 0.25) is 0 Å². The van der Waals surface area contributed by atoms with Crippen molar-refractivity contribution in [3.63, 3.8) is 0 Å². The summed E-state index contributed by atoms with van der Waals surface area (Å²) in [6.45, 7) is 0.525. The molecule has 6 nitrogen and oxygen atoms in total. The van der Waals surface area contributed by atoms with Crippen LogP contribution in [0.4, 0.5) is 11.4 Å². The van der Waals surface area contributed by atoms with Crippen LogP contribution in [0.25, 0.3) is 16.3 Å². The predicted molar refractivity (Wildman–Crippen MR) is 122 cm³/mol. The number of nitrogens with one attached hydrogen (secondary N) is 1. The van der Waals surface area contributed by atoms with Gasteiger partial charge in [-0.25, -0.2) is 9.97 Å². The lowest BCUT2D eigenvalue weighted by molar-refractivity contribution is -0.123. The van der Waals surface area contributed by atoms with E-state index in [1.807, 2.05) is 66.7 Å². The van der Waals surface area contributed by atoms with Crippen molar-refractivity contribution in [2.45, 2.75) is 5.92 Å². The van der Waals surface area contributed by atoms with Gasteiger partial charge in [0.05, 0.1) is 23.7 Å². The molecule has 4 aromatic rings. The van der Waals surface area contributed by atoms with E-state index in [2.05, 4.69) is 20.2 Å². The number of hydrogen-bond donors (Lipinski definition) is 1. The van der Waals surface area contributed by atoms with Crippen LogP contribution in [0.1, 0.15) is 17.0 Å². The molecule has 0 aliphatic carbocycles. The topological polar surface area (TPSA) is 75.2 Å². The second-order valence-corrected chi connectivity index (χ2v) is 7.92. The molecule has 32 heavy (non-hydrogen) atoms. The maximum absolute atomic E-state index is 13.1. The van der Waals surface area contributed by atoms with Crippen molar-refractivity contribution in [3.8, 4) is 0 Å². The van der Waals surface area contributed by atoms with E-state index in [4.69, 9.17) is 0 Å². The molecule has 154 valence electrons. The van der Waals surface area contributed by atoms with Gasteiger partial charge in [-0.05, 0) is 28.0 Å². The second kappa shape index (κ2) is 7.13. The number of imide groups is 1. The van der Waals surface area contributed by atoms with Gasteiger partial charge in [-0.2, -0.15) is 0 Å². The average Bonchev–Trinajstić information content (AvgIpc) is 3.35. The highest BCUT2D eigenvalue weighted by molar-refractivity contribution is 6.38. The molecule has 1 unspecified atom stereocenters. The first-order valence-corrected chi connectivity index (χ1v) is 10.4. The van der Waals surface area contributed by atoms with Crippen LogP contribution in [0.5, 0.6) is 0 Å². The molecule has 0 spiro atoms. The minimum atomic E-state index is -0.347. The van der Waals surface area contributed by atoms with Gasteiger partial charge in [0.25, 0.3) is 11.8 Å². The Morgan fingerprint density at radius 1 is 0.844 bits per heavy atom. The first-order valence-electron chi connectivity index (χ1n) is 10.4. The Balaban J connectivity index is 1.57. The van der Waals surface area contributed by atoms with E-state index in [0.29, 0.717) is 17.7 Å². The molecule has 0 saturated carbocycles. The molecule has 0 fully saturated rings. The Morgan fingerprint density at radius 3 is 2.47 bits per heavy atom. The number of anilines is 2. The van der Waals surface area contributed by atoms with E-state index in [1.165, 1.54) is 6.33 Å². The fraction of sp³-hybridized carbons (Fsp3) is 0.0769. The van der Waals surface area contributed by atoms with Gasteiger partial charge in [0, 0.05) is 23.7 Å². The third-order valence-corrected chi connectivity index (χ3v) is 6.20. The summed E-state index contributed by atoms with van der Waals surface area (Å²) < 4.78 is 0. The lowest BCUT2D eigenvalue weighted by Crippen LogP contribution is -2.25. The van der Waals surface area contributed by atoms with Gasteiger partial charge in [0.2, 0.25) is 0 Å². The third-order valence-electron chi connectivity index (χ3n) is 6.20. The van der Waals surface area contributed by atoms with Crippen molar-refractivity contribution in [2.24, 2.45) is 0 Å². The van der Waals surface area contributed by atoms with Crippen molar-refractivity contribution in [2.75, 3.05) is 11.4 Å².